The number of aromatic nitrogens is 1. The first-order chi connectivity index (χ1) is 19.6. The number of carbonyl (C=O) groups is 1. The predicted octanol–water partition coefficient (Wildman–Crippen LogP) is 7.30. The predicted molar refractivity (Wildman–Crippen MR) is 156 cm³/mol. The summed E-state index contributed by atoms with van der Waals surface area (Å²) in [4.78, 5) is 28.9. The summed E-state index contributed by atoms with van der Waals surface area (Å²) >= 11 is 0. The molecule has 0 aliphatic heterocycles. The zero-order chi connectivity index (χ0) is 28.0. The Morgan fingerprint density at radius 1 is 0.800 bits per heavy atom. The Kier molecular flexibility index (Phi) is 11.0. The van der Waals surface area contributed by atoms with Crippen LogP contribution in [0.3, 0.4) is 0 Å². The van der Waals surface area contributed by atoms with Gasteiger partial charge >= 0.3 is 17.6 Å². The molecule has 3 aromatic carbocycles. The second-order valence-corrected chi connectivity index (χ2v) is 9.45. The van der Waals surface area contributed by atoms with E-state index in [0.717, 1.165) is 12.2 Å². The Balaban J connectivity index is 1.15. The number of para-hydroxylation sites is 1. The average Bonchev–Trinajstić information content (AvgIpc) is 2.97. The van der Waals surface area contributed by atoms with Crippen LogP contribution in [-0.2, 0) is 4.74 Å². The van der Waals surface area contributed by atoms with E-state index in [9.17, 15) is 9.59 Å². The van der Waals surface area contributed by atoms with E-state index in [2.05, 4.69) is 17.2 Å². The van der Waals surface area contributed by atoms with Gasteiger partial charge in [0.1, 0.15) is 11.5 Å². The number of ether oxygens (including phenoxy) is 3. The zero-order valence-electron chi connectivity index (χ0n) is 22.9. The minimum absolute atomic E-state index is 0.102. The third-order valence-electron chi connectivity index (χ3n) is 6.27. The Morgan fingerprint density at radius 3 is 2.40 bits per heavy atom. The standard InChI is InChI=1S/C32H36N2O6/c1-2-3-4-5-6-9-20-37-26-18-16-24(17-19-26)30(35)39-22-11-21-38-27-13-10-12-25(23-27)33-32-34-29-15-8-7-14-28(29)31(36)40-32/h7-8,10,12-19,23H,2-6,9,11,20-22H2,1H3,(H,33,34). The molecule has 0 atom stereocenters. The quantitative estimate of drug-likeness (QED) is 0.116. The molecule has 4 aromatic rings. The van der Waals surface area contributed by atoms with Crippen LogP contribution >= 0.6 is 0 Å². The van der Waals surface area contributed by atoms with Gasteiger partial charge in [-0.15, -0.1) is 0 Å². The maximum Gasteiger partial charge on any atom is 0.348 e. The molecule has 1 N–H and O–H groups in total. The Labute approximate surface area is 234 Å². The number of benzene rings is 3. The molecule has 0 fully saturated rings. The number of anilines is 2. The normalized spacial score (nSPS) is 10.8. The van der Waals surface area contributed by atoms with Gasteiger partial charge in [-0.2, -0.15) is 4.98 Å². The lowest BCUT2D eigenvalue weighted by Crippen LogP contribution is -2.09. The summed E-state index contributed by atoms with van der Waals surface area (Å²) in [6.07, 6.45) is 7.84. The number of nitrogens with one attached hydrogen (secondary N) is 1. The molecule has 0 aliphatic carbocycles. The van der Waals surface area contributed by atoms with Crippen molar-refractivity contribution in [3.63, 3.8) is 0 Å². The third-order valence-corrected chi connectivity index (χ3v) is 6.27. The molecular formula is C32H36N2O6. The summed E-state index contributed by atoms with van der Waals surface area (Å²) in [6.45, 7) is 3.50. The molecule has 0 saturated heterocycles. The monoisotopic (exact) mass is 544 g/mol. The van der Waals surface area contributed by atoms with Crippen LogP contribution in [0, 0.1) is 0 Å². The highest BCUT2D eigenvalue weighted by Gasteiger charge is 2.09. The van der Waals surface area contributed by atoms with Crippen molar-refractivity contribution in [2.45, 2.75) is 51.9 Å². The van der Waals surface area contributed by atoms with Gasteiger partial charge in [0.15, 0.2) is 0 Å². The van der Waals surface area contributed by atoms with Gasteiger partial charge in [-0.1, -0.05) is 57.2 Å². The van der Waals surface area contributed by atoms with Crippen molar-refractivity contribution >= 4 is 28.6 Å². The fourth-order valence-electron chi connectivity index (χ4n) is 4.12. The van der Waals surface area contributed by atoms with E-state index in [-0.39, 0.29) is 18.6 Å². The van der Waals surface area contributed by atoms with Crippen LogP contribution in [0.15, 0.2) is 82.0 Å². The van der Waals surface area contributed by atoms with E-state index >= 15 is 0 Å². The second-order valence-electron chi connectivity index (χ2n) is 9.45. The van der Waals surface area contributed by atoms with Crippen molar-refractivity contribution in [3.05, 3.63) is 88.8 Å². The summed E-state index contributed by atoms with van der Waals surface area (Å²) < 4.78 is 22.2. The number of rotatable bonds is 16. The topological polar surface area (TPSA) is 99.9 Å². The molecule has 0 aliphatic rings. The Morgan fingerprint density at radius 2 is 1.55 bits per heavy atom. The largest absolute Gasteiger partial charge is 0.494 e. The molecule has 0 amide bonds. The van der Waals surface area contributed by atoms with Crippen LogP contribution < -0.4 is 20.4 Å². The highest BCUT2D eigenvalue weighted by Crippen LogP contribution is 2.21. The van der Waals surface area contributed by atoms with Crippen LogP contribution in [-0.4, -0.2) is 30.8 Å². The molecule has 8 nitrogen and oxygen atoms in total. The Hall–Kier alpha value is -4.33. The van der Waals surface area contributed by atoms with E-state index < -0.39 is 5.63 Å². The number of esters is 1. The van der Waals surface area contributed by atoms with Crippen molar-refractivity contribution in [1.29, 1.82) is 0 Å². The summed E-state index contributed by atoms with van der Waals surface area (Å²) in [5.41, 5.74) is 1.24. The summed E-state index contributed by atoms with van der Waals surface area (Å²) in [7, 11) is 0. The molecule has 0 unspecified atom stereocenters. The number of carbonyl (C=O) groups excluding carboxylic acids is 1. The van der Waals surface area contributed by atoms with Crippen LogP contribution in [0.4, 0.5) is 11.7 Å². The zero-order valence-corrected chi connectivity index (χ0v) is 22.9. The second kappa shape index (κ2) is 15.3. The van der Waals surface area contributed by atoms with Crippen molar-refractivity contribution in [2.75, 3.05) is 25.1 Å². The molecule has 0 spiro atoms. The van der Waals surface area contributed by atoms with Gasteiger partial charge in [-0.05, 0) is 55.0 Å². The van der Waals surface area contributed by atoms with E-state index in [4.69, 9.17) is 18.6 Å². The average molecular weight is 545 g/mol. The molecule has 210 valence electrons. The molecular weight excluding hydrogens is 508 g/mol. The fourth-order valence-corrected chi connectivity index (χ4v) is 4.12. The minimum Gasteiger partial charge on any atom is -0.494 e. The molecule has 4 rings (SSSR count). The van der Waals surface area contributed by atoms with Crippen LogP contribution in [0.1, 0.15) is 62.2 Å². The lowest BCUT2D eigenvalue weighted by Gasteiger charge is -2.10. The smallest absolute Gasteiger partial charge is 0.348 e. The molecule has 1 heterocycles. The number of unbranched alkanes of at least 4 members (excludes halogenated alkanes) is 5. The highest BCUT2D eigenvalue weighted by molar-refractivity contribution is 5.89. The summed E-state index contributed by atoms with van der Waals surface area (Å²) in [5, 5.41) is 3.43. The number of hydrogen-bond donors (Lipinski definition) is 1. The van der Waals surface area contributed by atoms with Gasteiger partial charge in [0, 0.05) is 18.2 Å². The maximum absolute atomic E-state index is 12.3. The first-order valence-corrected chi connectivity index (χ1v) is 13.9. The van der Waals surface area contributed by atoms with E-state index in [0.29, 0.717) is 47.5 Å². The molecule has 40 heavy (non-hydrogen) atoms. The van der Waals surface area contributed by atoms with Crippen LogP contribution in [0.5, 0.6) is 11.5 Å². The molecule has 0 bridgehead atoms. The number of nitrogens with zero attached hydrogens (tertiary/aromatic N) is 1. The molecule has 0 saturated carbocycles. The summed E-state index contributed by atoms with van der Waals surface area (Å²) in [5.74, 6) is 1.00. The molecule has 8 heteroatoms. The third kappa shape index (κ3) is 8.86. The van der Waals surface area contributed by atoms with Crippen LogP contribution in [0.25, 0.3) is 10.9 Å². The summed E-state index contributed by atoms with van der Waals surface area (Å²) in [6, 6.07) is 21.4. The van der Waals surface area contributed by atoms with Gasteiger partial charge < -0.3 is 23.9 Å². The lowest BCUT2D eigenvalue weighted by molar-refractivity contribution is 0.0486. The number of hydrogen-bond acceptors (Lipinski definition) is 8. The van der Waals surface area contributed by atoms with Crippen LogP contribution in [0.2, 0.25) is 0 Å². The van der Waals surface area contributed by atoms with E-state index in [1.54, 1.807) is 48.5 Å². The highest BCUT2D eigenvalue weighted by atomic mass is 16.5. The van der Waals surface area contributed by atoms with Gasteiger partial charge in [0.05, 0.1) is 36.3 Å². The van der Waals surface area contributed by atoms with Crippen molar-refractivity contribution in [1.82, 2.24) is 4.98 Å². The SMILES string of the molecule is CCCCCCCCOc1ccc(C(=O)OCCCOc2cccc(Nc3nc4ccccc4c(=O)o3)c2)cc1. The van der Waals surface area contributed by atoms with Gasteiger partial charge in [-0.25, -0.2) is 9.59 Å². The number of fused-ring (bicyclic) bond motifs is 1. The van der Waals surface area contributed by atoms with Crippen molar-refractivity contribution in [2.24, 2.45) is 0 Å². The van der Waals surface area contributed by atoms with Gasteiger partial charge in [-0.3, -0.25) is 0 Å². The fraction of sp³-hybridized carbons (Fsp3) is 0.344. The van der Waals surface area contributed by atoms with E-state index in [1.807, 2.05) is 24.3 Å². The Bertz CT molecular complexity index is 1420. The minimum atomic E-state index is -0.456. The first kappa shape index (κ1) is 28.7. The first-order valence-electron chi connectivity index (χ1n) is 13.9. The van der Waals surface area contributed by atoms with Gasteiger partial charge in [0.25, 0.3) is 0 Å². The van der Waals surface area contributed by atoms with Gasteiger partial charge in [0.2, 0.25) is 0 Å². The molecule has 0 radical (unpaired) electrons. The molecule has 1 aromatic heterocycles. The van der Waals surface area contributed by atoms with Crippen molar-refractivity contribution < 1.29 is 23.4 Å². The van der Waals surface area contributed by atoms with Crippen molar-refractivity contribution in [3.8, 4) is 11.5 Å². The lowest BCUT2D eigenvalue weighted by atomic mass is 10.1. The van der Waals surface area contributed by atoms with E-state index in [1.165, 1.54) is 32.1 Å². The maximum atomic E-state index is 12.3.